The Morgan fingerprint density at radius 1 is 1.25 bits per heavy atom. The second-order valence-electron chi connectivity index (χ2n) is 6.62. The molecule has 2 amide bonds. The van der Waals surface area contributed by atoms with Crippen LogP contribution in [0.1, 0.15) is 31.1 Å². The molecule has 0 aliphatic heterocycles. The van der Waals surface area contributed by atoms with Crippen molar-refractivity contribution in [2.45, 2.75) is 26.8 Å². The predicted molar refractivity (Wildman–Crippen MR) is 106 cm³/mol. The summed E-state index contributed by atoms with van der Waals surface area (Å²) < 4.78 is 6.99. The average Bonchev–Trinajstić information content (AvgIpc) is 3.02. The second-order valence-corrected chi connectivity index (χ2v) is 6.62. The molecule has 28 heavy (non-hydrogen) atoms. The Morgan fingerprint density at radius 2 is 2.00 bits per heavy atom. The van der Waals surface area contributed by atoms with Gasteiger partial charge in [0.1, 0.15) is 11.3 Å². The van der Waals surface area contributed by atoms with Crippen LogP contribution in [0.2, 0.25) is 0 Å². The Morgan fingerprint density at radius 3 is 2.64 bits per heavy atom. The van der Waals surface area contributed by atoms with Crippen molar-refractivity contribution in [2.24, 2.45) is 7.05 Å². The van der Waals surface area contributed by atoms with Gasteiger partial charge in [-0.15, -0.1) is 5.10 Å². The minimum absolute atomic E-state index is 0.175. The van der Waals surface area contributed by atoms with Crippen LogP contribution >= 0.6 is 0 Å². The van der Waals surface area contributed by atoms with Crippen molar-refractivity contribution in [3.63, 3.8) is 0 Å². The third-order valence-electron chi connectivity index (χ3n) is 4.18. The van der Waals surface area contributed by atoms with E-state index >= 15 is 0 Å². The number of ether oxygens (including phenoxy) is 1. The molecule has 0 bridgehead atoms. The summed E-state index contributed by atoms with van der Waals surface area (Å²) in [5, 5.41) is 10.7. The predicted octanol–water partition coefficient (Wildman–Crippen LogP) is 2.39. The van der Waals surface area contributed by atoms with Crippen molar-refractivity contribution < 1.29 is 14.3 Å². The fourth-order valence-corrected chi connectivity index (χ4v) is 2.96. The number of aromatic nitrogens is 4. The SMILES string of the molecule is COc1ccc(NC(C)=O)cc1N(C(=O)c1cnc2c(c1)nnn2C)C(C)C. The number of pyridine rings is 1. The van der Waals surface area contributed by atoms with Gasteiger partial charge in [-0.05, 0) is 38.1 Å². The Kier molecular flexibility index (Phi) is 5.25. The molecule has 0 saturated carbocycles. The topological polar surface area (TPSA) is 102 Å². The van der Waals surface area contributed by atoms with Crippen molar-refractivity contribution in [1.29, 1.82) is 0 Å². The smallest absolute Gasteiger partial charge is 0.260 e. The molecule has 0 fully saturated rings. The minimum Gasteiger partial charge on any atom is -0.495 e. The Balaban J connectivity index is 2.06. The van der Waals surface area contributed by atoms with Crippen molar-refractivity contribution >= 4 is 34.4 Å². The van der Waals surface area contributed by atoms with Gasteiger partial charge < -0.3 is 15.0 Å². The van der Waals surface area contributed by atoms with Crippen LogP contribution in [0.25, 0.3) is 11.2 Å². The largest absolute Gasteiger partial charge is 0.495 e. The van der Waals surface area contributed by atoms with Gasteiger partial charge in [0.05, 0.1) is 18.4 Å². The summed E-state index contributed by atoms with van der Waals surface area (Å²) in [4.78, 5) is 30.6. The highest BCUT2D eigenvalue weighted by molar-refractivity contribution is 6.08. The highest BCUT2D eigenvalue weighted by Gasteiger charge is 2.25. The average molecular weight is 382 g/mol. The molecule has 146 valence electrons. The summed E-state index contributed by atoms with van der Waals surface area (Å²) in [5.41, 5.74) is 2.64. The van der Waals surface area contributed by atoms with E-state index < -0.39 is 0 Å². The van der Waals surface area contributed by atoms with Crippen LogP contribution in [-0.2, 0) is 11.8 Å². The van der Waals surface area contributed by atoms with Gasteiger partial charge in [0, 0.05) is 31.9 Å². The Bertz CT molecular complexity index is 1040. The molecule has 0 spiro atoms. The van der Waals surface area contributed by atoms with Gasteiger partial charge in [-0.25, -0.2) is 9.67 Å². The van der Waals surface area contributed by atoms with Gasteiger partial charge in [-0.3, -0.25) is 9.59 Å². The lowest BCUT2D eigenvalue weighted by atomic mass is 10.1. The summed E-state index contributed by atoms with van der Waals surface area (Å²) >= 11 is 0. The molecule has 0 unspecified atom stereocenters. The van der Waals surface area contributed by atoms with E-state index in [0.717, 1.165) is 0 Å². The summed E-state index contributed by atoms with van der Waals surface area (Å²) in [6.07, 6.45) is 1.51. The van der Waals surface area contributed by atoms with Crippen molar-refractivity contribution in [3.8, 4) is 5.75 Å². The number of anilines is 2. The Labute approximate surface area is 162 Å². The number of carbonyl (C=O) groups is 2. The molecule has 1 N–H and O–H groups in total. The van der Waals surface area contributed by atoms with Crippen molar-refractivity contribution in [2.75, 3.05) is 17.3 Å². The molecule has 1 aromatic carbocycles. The fraction of sp³-hybridized carbons (Fsp3) is 0.316. The van der Waals surface area contributed by atoms with Gasteiger partial charge in [0.15, 0.2) is 5.65 Å². The van der Waals surface area contributed by atoms with E-state index in [9.17, 15) is 9.59 Å². The number of amides is 2. The molecule has 3 aromatic rings. The molecular weight excluding hydrogens is 360 g/mol. The van der Waals surface area contributed by atoms with E-state index in [1.54, 1.807) is 40.9 Å². The van der Waals surface area contributed by atoms with Crippen LogP contribution in [0.3, 0.4) is 0 Å². The highest BCUT2D eigenvalue weighted by Crippen LogP contribution is 2.34. The van der Waals surface area contributed by atoms with E-state index in [1.807, 2.05) is 13.8 Å². The van der Waals surface area contributed by atoms with Crippen molar-refractivity contribution in [1.82, 2.24) is 20.0 Å². The molecular formula is C19H22N6O3. The van der Waals surface area contributed by atoms with Crippen molar-refractivity contribution in [3.05, 3.63) is 36.0 Å². The number of methoxy groups -OCH3 is 1. The molecule has 9 heteroatoms. The third kappa shape index (κ3) is 3.64. The summed E-state index contributed by atoms with van der Waals surface area (Å²) in [5.74, 6) is 0.0638. The molecule has 2 heterocycles. The number of fused-ring (bicyclic) bond motifs is 1. The van der Waals surface area contributed by atoms with E-state index in [0.29, 0.717) is 33.9 Å². The number of nitrogens with zero attached hydrogens (tertiary/aromatic N) is 5. The number of nitrogens with one attached hydrogen (secondary N) is 1. The van der Waals surface area contributed by atoms with Crippen LogP contribution < -0.4 is 15.0 Å². The molecule has 0 atom stereocenters. The molecule has 0 aliphatic rings. The number of aryl methyl sites for hydroxylation is 1. The minimum atomic E-state index is -0.256. The van der Waals surface area contributed by atoms with Crippen LogP contribution in [0, 0.1) is 0 Å². The number of benzene rings is 1. The molecule has 0 saturated heterocycles. The molecule has 3 rings (SSSR count). The first-order chi connectivity index (χ1) is 13.3. The number of carbonyl (C=O) groups excluding carboxylic acids is 2. The molecule has 9 nitrogen and oxygen atoms in total. The zero-order chi connectivity index (χ0) is 20.4. The first kappa shape index (κ1) is 19.3. The maximum Gasteiger partial charge on any atom is 0.260 e. The van der Waals surface area contributed by atoms with Gasteiger partial charge >= 0.3 is 0 Å². The second kappa shape index (κ2) is 7.63. The highest BCUT2D eigenvalue weighted by atomic mass is 16.5. The van der Waals surface area contributed by atoms with Gasteiger partial charge in [0.2, 0.25) is 5.91 Å². The monoisotopic (exact) mass is 382 g/mol. The van der Waals surface area contributed by atoms with E-state index in [-0.39, 0.29) is 17.9 Å². The lowest BCUT2D eigenvalue weighted by molar-refractivity contribution is -0.114. The first-order valence-electron chi connectivity index (χ1n) is 8.76. The lowest BCUT2D eigenvalue weighted by Gasteiger charge is -2.28. The first-order valence-corrected chi connectivity index (χ1v) is 8.76. The van der Waals surface area contributed by atoms with Crippen LogP contribution in [0.4, 0.5) is 11.4 Å². The number of rotatable bonds is 5. The van der Waals surface area contributed by atoms with Crippen LogP contribution in [-0.4, -0.2) is 44.9 Å². The summed E-state index contributed by atoms with van der Waals surface area (Å²) in [6.45, 7) is 5.23. The van der Waals surface area contributed by atoms with Crippen LogP contribution in [0.5, 0.6) is 5.75 Å². The molecule has 2 aromatic heterocycles. The maximum absolute atomic E-state index is 13.3. The summed E-state index contributed by atoms with van der Waals surface area (Å²) in [7, 11) is 3.27. The van der Waals surface area contributed by atoms with Crippen LogP contribution in [0.15, 0.2) is 30.5 Å². The van der Waals surface area contributed by atoms with Gasteiger partial charge in [-0.2, -0.15) is 0 Å². The summed E-state index contributed by atoms with van der Waals surface area (Å²) in [6, 6.07) is 6.64. The van der Waals surface area contributed by atoms with E-state index in [1.165, 1.54) is 20.2 Å². The lowest BCUT2D eigenvalue weighted by Crippen LogP contribution is -2.37. The zero-order valence-electron chi connectivity index (χ0n) is 16.4. The van der Waals surface area contributed by atoms with E-state index in [2.05, 4.69) is 20.6 Å². The quantitative estimate of drug-likeness (QED) is 0.727. The Hall–Kier alpha value is -3.49. The van der Waals surface area contributed by atoms with E-state index in [4.69, 9.17) is 4.74 Å². The number of hydrogen-bond donors (Lipinski definition) is 1. The number of hydrogen-bond acceptors (Lipinski definition) is 6. The zero-order valence-corrected chi connectivity index (χ0v) is 16.4. The third-order valence-corrected chi connectivity index (χ3v) is 4.18. The maximum atomic E-state index is 13.3. The fourth-order valence-electron chi connectivity index (χ4n) is 2.96. The molecule has 0 radical (unpaired) electrons. The van der Waals surface area contributed by atoms with Gasteiger partial charge in [0.25, 0.3) is 5.91 Å². The molecule has 0 aliphatic carbocycles. The normalized spacial score (nSPS) is 10.9. The van der Waals surface area contributed by atoms with Gasteiger partial charge in [-0.1, -0.05) is 5.21 Å². The standard InChI is InChI=1S/C19H22N6O3/c1-11(2)25(16-9-14(21-12(3)26)6-7-17(16)28-5)19(27)13-8-15-18(20-10-13)24(4)23-22-15/h6-11H,1-5H3,(H,21,26).